The van der Waals surface area contributed by atoms with Crippen LogP contribution in [0.1, 0.15) is 25.3 Å². The lowest BCUT2D eigenvalue weighted by molar-refractivity contribution is -0.128. The Morgan fingerprint density at radius 1 is 1.10 bits per heavy atom. The minimum Gasteiger partial charge on any atom is -0.481 e. The summed E-state index contributed by atoms with van der Waals surface area (Å²) < 4.78 is 33.7. The number of ether oxygens (including phenoxy) is 1. The zero-order chi connectivity index (χ0) is 21.0. The molecule has 1 amide bonds. The van der Waals surface area contributed by atoms with Crippen molar-refractivity contribution in [2.45, 2.75) is 43.7 Å². The number of rotatable bonds is 6. The molecule has 1 heterocycles. The van der Waals surface area contributed by atoms with Crippen molar-refractivity contribution in [3.05, 3.63) is 58.6 Å². The van der Waals surface area contributed by atoms with Crippen LogP contribution in [0, 0.1) is 6.92 Å². The Hall–Kier alpha value is -1.90. The highest BCUT2D eigenvalue weighted by molar-refractivity contribution is 9.10. The average molecular weight is 481 g/mol. The van der Waals surface area contributed by atoms with E-state index in [0.717, 1.165) is 10.0 Å². The predicted molar refractivity (Wildman–Crippen MR) is 115 cm³/mol. The first-order chi connectivity index (χ1) is 13.8. The van der Waals surface area contributed by atoms with Crippen molar-refractivity contribution in [3.8, 4) is 5.75 Å². The van der Waals surface area contributed by atoms with E-state index in [9.17, 15) is 13.2 Å². The van der Waals surface area contributed by atoms with Gasteiger partial charge in [0, 0.05) is 23.6 Å². The molecule has 0 aromatic heterocycles. The van der Waals surface area contributed by atoms with E-state index in [1.54, 1.807) is 43.3 Å². The first-order valence-corrected chi connectivity index (χ1v) is 11.8. The number of nitrogens with one attached hydrogen (secondary N) is 1. The third kappa shape index (κ3) is 5.58. The molecular weight excluding hydrogens is 456 g/mol. The normalized spacial score (nSPS) is 16.9. The highest BCUT2D eigenvalue weighted by atomic mass is 79.9. The van der Waals surface area contributed by atoms with E-state index in [2.05, 4.69) is 21.2 Å². The molecule has 1 aliphatic heterocycles. The second-order valence-electron chi connectivity index (χ2n) is 7.21. The van der Waals surface area contributed by atoms with E-state index < -0.39 is 16.1 Å². The summed E-state index contributed by atoms with van der Waals surface area (Å²) in [5, 5.41) is 2.97. The van der Waals surface area contributed by atoms with Crippen LogP contribution in [0.4, 0.5) is 0 Å². The molecule has 8 heteroatoms. The quantitative estimate of drug-likeness (QED) is 0.686. The summed E-state index contributed by atoms with van der Waals surface area (Å²) in [5.74, 6) is 0.419. The van der Waals surface area contributed by atoms with Gasteiger partial charge < -0.3 is 10.1 Å². The van der Waals surface area contributed by atoms with Crippen molar-refractivity contribution in [3.63, 3.8) is 0 Å². The van der Waals surface area contributed by atoms with Crippen LogP contribution in [0.25, 0.3) is 0 Å². The molecule has 1 atom stereocenters. The highest BCUT2D eigenvalue weighted by Crippen LogP contribution is 2.22. The second-order valence-corrected chi connectivity index (χ2v) is 10.1. The van der Waals surface area contributed by atoms with Crippen LogP contribution in [0.2, 0.25) is 0 Å². The van der Waals surface area contributed by atoms with Crippen molar-refractivity contribution in [2.24, 2.45) is 0 Å². The Morgan fingerprint density at radius 2 is 1.69 bits per heavy atom. The van der Waals surface area contributed by atoms with E-state index >= 15 is 0 Å². The van der Waals surface area contributed by atoms with Crippen LogP contribution in [0.5, 0.6) is 5.75 Å². The van der Waals surface area contributed by atoms with Gasteiger partial charge in [-0.15, -0.1) is 0 Å². The zero-order valence-electron chi connectivity index (χ0n) is 16.5. The zero-order valence-corrected chi connectivity index (χ0v) is 18.9. The number of aryl methyl sites for hydroxylation is 1. The summed E-state index contributed by atoms with van der Waals surface area (Å²) >= 11 is 3.36. The molecule has 29 heavy (non-hydrogen) atoms. The van der Waals surface area contributed by atoms with Gasteiger partial charge in [0.1, 0.15) is 5.75 Å². The minimum absolute atomic E-state index is 0.0667. The summed E-state index contributed by atoms with van der Waals surface area (Å²) in [6.07, 6.45) is 0.509. The predicted octanol–water partition coefficient (Wildman–Crippen LogP) is 3.49. The maximum absolute atomic E-state index is 12.8. The highest BCUT2D eigenvalue weighted by Gasteiger charge is 2.30. The fraction of sp³-hybridized carbons (Fsp3) is 0.381. The summed E-state index contributed by atoms with van der Waals surface area (Å²) in [7, 11) is -3.50. The number of hydrogen-bond acceptors (Lipinski definition) is 4. The SMILES string of the molecule is Cc1ccc(S(=O)(=O)N2CCC(NC(=O)[C@H](C)Oc3ccc(Br)cc3)CC2)cc1. The first-order valence-electron chi connectivity index (χ1n) is 9.55. The molecule has 0 saturated carbocycles. The summed E-state index contributed by atoms with van der Waals surface area (Å²) in [6, 6.07) is 14.1. The van der Waals surface area contributed by atoms with Crippen LogP contribution < -0.4 is 10.1 Å². The van der Waals surface area contributed by atoms with Crippen LogP contribution in [0.15, 0.2) is 57.9 Å². The molecule has 1 fully saturated rings. The fourth-order valence-corrected chi connectivity index (χ4v) is 4.92. The van der Waals surface area contributed by atoms with Gasteiger partial charge in [-0.3, -0.25) is 4.79 Å². The number of carbonyl (C=O) groups is 1. The first kappa shape index (κ1) is 21.8. The molecule has 156 valence electrons. The molecule has 0 bridgehead atoms. The number of amides is 1. The molecule has 0 spiro atoms. The molecule has 6 nitrogen and oxygen atoms in total. The summed E-state index contributed by atoms with van der Waals surface area (Å²) in [6.45, 7) is 4.38. The van der Waals surface area contributed by atoms with Crippen molar-refractivity contribution in [1.29, 1.82) is 0 Å². The van der Waals surface area contributed by atoms with E-state index in [1.165, 1.54) is 4.31 Å². The van der Waals surface area contributed by atoms with Crippen molar-refractivity contribution in [2.75, 3.05) is 13.1 Å². The molecule has 0 aliphatic carbocycles. The maximum atomic E-state index is 12.8. The van der Waals surface area contributed by atoms with Crippen molar-refractivity contribution >= 4 is 31.9 Å². The van der Waals surface area contributed by atoms with Gasteiger partial charge in [-0.05, 0) is 63.1 Å². The molecule has 0 unspecified atom stereocenters. The average Bonchev–Trinajstić information content (AvgIpc) is 2.70. The fourth-order valence-electron chi connectivity index (χ4n) is 3.19. The van der Waals surface area contributed by atoms with Crippen LogP contribution >= 0.6 is 15.9 Å². The van der Waals surface area contributed by atoms with Gasteiger partial charge in [0.2, 0.25) is 10.0 Å². The Morgan fingerprint density at radius 3 is 2.28 bits per heavy atom. The van der Waals surface area contributed by atoms with Crippen LogP contribution in [0.3, 0.4) is 0 Å². The number of piperidine rings is 1. The third-order valence-corrected chi connectivity index (χ3v) is 7.40. The van der Waals surface area contributed by atoms with Crippen LogP contribution in [-0.4, -0.2) is 43.9 Å². The van der Waals surface area contributed by atoms with Gasteiger partial charge in [0.05, 0.1) is 4.90 Å². The lowest BCUT2D eigenvalue weighted by atomic mass is 10.1. The number of benzene rings is 2. The van der Waals surface area contributed by atoms with Gasteiger partial charge in [0.25, 0.3) is 5.91 Å². The molecular formula is C21H25BrN2O4S. The Balaban J connectivity index is 1.51. The van der Waals surface area contributed by atoms with E-state index in [1.807, 2.05) is 19.1 Å². The van der Waals surface area contributed by atoms with Gasteiger partial charge in [-0.25, -0.2) is 8.42 Å². The lowest BCUT2D eigenvalue weighted by Crippen LogP contribution is -2.49. The lowest BCUT2D eigenvalue weighted by Gasteiger charge is -2.32. The molecule has 1 N–H and O–H groups in total. The van der Waals surface area contributed by atoms with E-state index in [0.29, 0.717) is 36.6 Å². The molecule has 1 saturated heterocycles. The van der Waals surface area contributed by atoms with E-state index in [-0.39, 0.29) is 11.9 Å². The van der Waals surface area contributed by atoms with Gasteiger partial charge >= 0.3 is 0 Å². The summed E-state index contributed by atoms with van der Waals surface area (Å²) in [5.41, 5.74) is 1.02. The number of halogens is 1. The van der Waals surface area contributed by atoms with Gasteiger partial charge in [-0.1, -0.05) is 33.6 Å². The van der Waals surface area contributed by atoms with Crippen LogP contribution in [-0.2, 0) is 14.8 Å². The van der Waals surface area contributed by atoms with E-state index in [4.69, 9.17) is 4.74 Å². The second kappa shape index (κ2) is 9.28. The Labute approximate surface area is 180 Å². The Kier molecular flexibility index (Phi) is 6.97. The topological polar surface area (TPSA) is 75.7 Å². The smallest absolute Gasteiger partial charge is 0.260 e. The maximum Gasteiger partial charge on any atom is 0.260 e. The van der Waals surface area contributed by atoms with Crippen molar-refractivity contribution < 1.29 is 17.9 Å². The number of nitrogens with zero attached hydrogens (tertiary/aromatic N) is 1. The largest absolute Gasteiger partial charge is 0.481 e. The molecule has 2 aromatic carbocycles. The molecule has 1 aliphatic rings. The third-order valence-electron chi connectivity index (χ3n) is 4.95. The monoisotopic (exact) mass is 480 g/mol. The van der Waals surface area contributed by atoms with Crippen molar-refractivity contribution in [1.82, 2.24) is 9.62 Å². The van der Waals surface area contributed by atoms with Gasteiger partial charge in [-0.2, -0.15) is 4.31 Å². The summed E-state index contributed by atoms with van der Waals surface area (Å²) in [4.78, 5) is 12.7. The molecule has 2 aromatic rings. The Bertz CT molecular complexity index is 938. The van der Waals surface area contributed by atoms with Gasteiger partial charge in [0.15, 0.2) is 6.10 Å². The number of carbonyl (C=O) groups excluding carboxylic acids is 1. The minimum atomic E-state index is -3.50. The standard InChI is InChI=1S/C21H25BrN2O4S/c1-15-3-9-20(10-4-15)29(26,27)24-13-11-18(12-14-24)23-21(25)16(2)28-19-7-5-17(22)6-8-19/h3-10,16,18H,11-14H2,1-2H3,(H,23,25)/t16-/m0/s1. The number of sulfonamides is 1. The molecule has 0 radical (unpaired) electrons. The number of hydrogen-bond donors (Lipinski definition) is 1. The molecule has 3 rings (SSSR count).